The van der Waals surface area contributed by atoms with Gasteiger partial charge in [0.15, 0.2) is 0 Å². The van der Waals surface area contributed by atoms with Crippen molar-refractivity contribution in [2.75, 3.05) is 62.8 Å². The summed E-state index contributed by atoms with van der Waals surface area (Å²) in [6.45, 7) is 3.89. The number of morpholine rings is 2. The van der Waals surface area contributed by atoms with Crippen LogP contribution in [0.3, 0.4) is 0 Å². The molecule has 9 heteroatoms. The first-order valence-electron chi connectivity index (χ1n) is 11.8. The number of carbonyl (C=O) groups excluding carboxylic acids is 1. The Labute approximate surface area is 205 Å². The molecule has 0 atom stereocenters. The maximum absolute atomic E-state index is 13.3. The molecule has 0 bridgehead atoms. The summed E-state index contributed by atoms with van der Waals surface area (Å²) in [7, 11) is -3.69. The van der Waals surface area contributed by atoms with Crippen LogP contribution in [0.5, 0.6) is 0 Å². The number of nitrogens with one attached hydrogen (secondary N) is 1. The molecule has 2 heterocycles. The quantitative estimate of drug-likeness (QED) is 0.566. The van der Waals surface area contributed by atoms with Crippen LogP contribution >= 0.6 is 0 Å². The van der Waals surface area contributed by atoms with Gasteiger partial charge < -0.3 is 19.7 Å². The van der Waals surface area contributed by atoms with E-state index in [4.69, 9.17) is 9.47 Å². The fraction of sp³-hybridized carbons (Fsp3) is 0.346. The number of hydrogen-bond donors (Lipinski definition) is 1. The van der Waals surface area contributed by atoms with Gasteiger partial charge in [0.2, 0.25) is 15.9 Å². The van der Waals surface area contributed by atoms with Crippen molar-refractivity contribution in [3.8, 4) is 0 Å². The van der Waals surface area contributed by atoms with Crippen molar-refractivity contribution in [1.82, 2.24) is 4.31 Å². The van der Waals surface area contributed by atoms with E-state index >= 15 is 0 Å². The Morgan fingerprint density at radius 2 is 1.51 bits per heavy atom. The number of fused-ring (bicyclic) bond motifs is 1. The average Bonchev–Trinajstić information content (AvgIpc) is 2.89. The lowest BCUT2D eigenvalue weighted by molar-refractivity contribution is -0.115. The monoisotopic (exact) mass is 495 g/mol. The Balaban J connectivity index is 1.42. The molecule has 3 aromatic rings. The Morgan fingerprint density at radius 3 is 2.26 bits per heavy atom. The molecular weight excluding hydrogens is 466 g/mol. The van der Waals surface area contributed by atoms with Crippen LogP contribution in [0.2, 0.25) is 0 Å². The first kappa shape index (κ1) is 23.7. The molecule has 35 heavy (non-hydrogen) atoms. The van der Waals surface area contributed by atoms with E-state index in [1.54, 1.807) is 18.2 Å². The first-order chi connectivity index (χ1) is 17.0. The third kappa shape index (κ3) is 5.33. The van der Waals surface area contributed by atoms with Crippen LogP contribution in [0, 0.1) is 0 Å². The van der Waals surface area contributed by atoms with E-state index < -0.39 is 10.0 Å². The first-order valence-corrected chi connectivity index (χ1v) is 13.3. The highest BCUT2D eigenvalue weighted by atomic mass is 32.2. The molecule has 8 nitrogen and oxygen atoms in total. The largest absolute Gasteiger partial charge is 0.379 e. The Morgan fingerprint density at radius 1 is 0.829 bits per heavy atom. The molecule has 0 spiro atoms. The van der Waals surface area contributed by atoms with Crippen molar-refractivity contribution >= 4 is 38.1 Å². The second-order valence-corrected chi connectivity index (χ2v) is 10.6. The lowest BCUT2D eigenvalue weighted by Crippen LogP contribution is -2.40. The summed E-state index contributed by atoms with van der Waals surface area (Å²) in [5.74, 6) is -0.198. The lowest BCUT2D eigenvalue weighted by Gasteiger charge is -2.31. The van der Waals surface area contributed by atoms with E-state index in [-0.39, 0.29) is 17.2 Å². The predicted molar refractivity (Wildman–Crippen MR) is 135 cm³/mol. The molecule has 3 aromatic carbocycles. The number of anilines is 2. The molecule has 184 valence electrons. The lowest BCUT2D eigenvalue weighted by atomic mass is 10.0. The fourth-order valence-electron chi connectivity index (χ4n) is 4.52. The van der Waals surface area contributed by atoms with Crippen molar-refractivity contribution in [2.45, 2.75) is 11.3 Å². The number of sulfonamides is 1. The van der Waals surface area contributed by atoms with Gasteiger partial charge in [0.05, 0.1) is 49.1 Å². The minimum Gasteiger partial charge on any atom is -0.379 e. The molecule has 0 aliphatic carbocycles. The predicted octanol–water partition coefficient (Wildman–Crippen LogP) is 2.88. The second kappa shape index (κ2) is 10.3. The van der Waals surface area contributed by atoms with Crippen LogP contribution in [-0.2, 0) is 30.7 Å². The molecule has 2 aliphatic heterocycles. The van der Waals surface area contributed by atoms with Crippen molar-refractivity contribution in [3.63, 3.8) is 0 Å². The highest BCUT2D eigenvalue weighted by Crippen LogP contribution is 2.31. The van der Waals surface area contributed by atoms with Crippen LogP contribution < -0.4 is 10.2 Å². The Kier molecular flexibility index (Phi) is 7.01. The number of rotatable bonds is 6. The summed E-state index contributed by atoms with van der Waals surface area (Å²) < 4.78 is 38.7. The van der Waals surface area contributed by atoms with E-state index in [0.29, 0.717) is 58.3 Å². The minimum atomic E-state index is -3.69. The van der Waals surface area contributed by atoms with Gasteiger partial charge in [0, 0.05) is 26.2 Å². The van der Waals surface area contributed by atoms with Gasteiger partial charge in [-0.25, -0.2) is 8.42 Å². The van der Waals surface area contributed by atoms with E-state index in [2.05, 4.69) is 10.2 Å². The van der Waals surface area contributed by atoms with Gasteiger partial charge in [-0.2, -0.15) is 4.31 Å². The van der Waals surface area contributed by atoms with E-state index in [1.807, 2.05) is 42.5 Å². The van der Waals surface area contributed by atoms with Gasteiger partial charge >= 0.3 is 0 Å². The third-order valence-electron chi connectivity index (χ3n) is 6.38. The molecule has 0 unspecified atom stereocenters. The number of carbonyl (C=O) groups is 1. The van der Waals surface area contributed by atoms with Crippen LogP contribution in [-0.4, -0.2) is 71.2 Å². The molecule has 2 aliphatic rings. The number of nitrogens with zero attached hydrogens (tertiary/aromatic N) is 2. The van der Waals surface area contributed by atoms with Crippen molar-refractivity contribution < 1.29 is 22.7 Å². The summed E-state index contributed by atoms with van der Waals surface area (Å²) in [6.07, 6.45) is 0.188. The topological polar surface area (TPSA) is 88.2 Å². The standard InChI is InChI=1S/C26H29N3O5S/c30-26(18-20-5-6-21-3-1-2-4-22(21)17-20)27-24-19-23(35(31,32)29-11-15-34-16-12-29)7-8-25(24)28-9-13-33-14-10-28/h1-8,17,19H,9-16,18H2,(H,27,30). The van der Waals surface area contributed by atoms with Crippen LogP contribution in [0.1, 0.15) is 5.56 Å². The van der Waals surface area contributed by atoms with Crippen LogP contribution in [0.15, 0.2) is 65.6 Å². The Hall–Kier alpha value is -2.98. The minimum absolute atomic E-state index is 0.164. The number of ether oxygens (including phenoxy) is 2. The molecule has 5 rings (SSSR count). The summed E-state index contributed by atoms with van der Waals surface area (Å²) in [5.41, 5.74) is 2.18. The summed E-state index contributed by atoms with van der Waals surface area (Å²) in [5, 5.41) is 5.18. The summed E-state index contributed by atoms with van der Waals surface area (Å²) in [4.78, 5) is 15.4. The number of benzene rings is 3. The molecule has 0 saturated carbocycles. The molecule has 0 aromatic heterocycles. The van der Waals surface area contributed by atoms with Gasteiger partial charge in [-0.3, -0.25) is 4.79 Å². The molecule has 1 amide bonds. The van der Waals surface area contributed by atoms with Gasteiger partial charge in [-0.15, -0.1) is 0 Å². The van der Waals surface area contributed by atoms with Crippen molar-refractivity contribution in [2.24, 2.45) is 0 Å². The molecular formula is C26H29N3O5S. The average molecular weight is 496 g/mol. The number of amides is 1. The van der Waals surface area contributed by atoms with Gasteiger partial charge in [-0.1, -0.05) is 42.5 Å². The van der Waals surface area contributed by atoms with Gasteiger partial charge in [0.1, 0.15) is 0 Å². The SMILES string of the molecule is O=C(Cc1ccc2ccccc2c1)Nc1cc(S(=O)(=O)N2CCOCC2)ccc1N1CCOCC1. The molecule has 1 N–H and O–H groups in total. The van der Waals surface area contributed by atoms with Crippen molar-refractivity contribution in [1.29, 1.82) is 0 Å². The van der Waals surface area contributed by atoms with Crippen LogP contribution in [0.25, 0.3) is 10.8 Å². The summed E-state index contributed by atoms with van der Waals surface area (Å²) in [6, 6.07) is 19.0. The fourth-order valence-corrected chi connectivity index (χ4v) is 5.96. The van der Waals surface area contributed by atoms with E-state index in [9.17, 15) is 13.2 Å². The third-order valence-corrected chi connectivity index (χ3v) is 8.27. The Bertz CT molecular complexity index is 1320. The normalized spacial score (nSPS) is 17.4. The number of hydrogen-bond acceptors (Lipinski definition) is 6. The smallest absolute Gasteiger partial charge is 0.243 e. The zero-order chi connectivity index (χ0) is 24.3. The molecule has 2 saturated heterocycles. The highest BCUT2D eigenvalue weighted by molar-refractivity contribution is 7.89. The van der Waals surface area contributed by atoms with Crippen molar-refractivity contribution in [3.05, 3.63) is 66.2 Å². The zero-order valence-corrected chi connectivity index (χ0v) is 20.3. The zero-order valence-electron chi connectivity index (χ0n) is 19.5. The molecule has 0 radical (unpaired) electrons. The van der Waals surface area contributed by atoms with Gasteiger partial charge in [-0.05, 0) is 34.5 Å². The maximum atomic E-state index is 13.3. The maximum Gasteiger partial charge on any atom is 0.243 e. The van der Waals surface area contributed by atoms with E-state index in [0.717, 1.165) is 22.0 Å². The second-order valence-electron chi connectivity index (χ2n) is 8.70. The molecule has 2 fully saturated rings. The highest BCUT2D eigenvalue weighted by Gasteiger charge is 2.28. The van der Waals surface area contributed by atoms with Gasteiger partial charge in [0.25, 0.3) is 0 Å². The summed E-state index contributed by atoms with van der Waals surface area (Å²) >= 11 is 0. The van der Waals surface area contributed by atoms with Crippen LogP contribution in [0.4, 0.5) is 11.4 Å². The van der Waals surface area contributed by atoms with E-state index in [1.165, 1.54) is 4.31 Å².